The lowest BCUT2D eigenvalue weighted by atomic mass is 10.0. The zero-order chi connectivity index (χ0) is 11.4. The average molecular weight is 211 g/mol. The van der Waals surface area contributed by atoms with E-state index in [2.05, 4.69) is 5.32 Å². The summed E-state index contributed by atoms with van der Waals surface area (Å²) in [5.41, 5.74) is 1.11. The molecule has 0 aliphatic carbocycles. The number of nitrogens with one attached hydrogen (secondary N) is 1. The molecule has 0 heterocycles. The van der Waals surface area contributed by atoms with Crippen LogP contribution in [0.4, 0.5) is 4.39 Å². The molecule has 0 spiro atoms. The first-order valence-electron chi connectivity index (χ1n) is 4.62. The van der Waals surface area contributed by atoms with Crippen LogP contribution in [0.5, 0.6) is 5.75 Å². The first-order chi connectivity index (χ1) is 7.10. The number of ether oxygens (including phenoxy) is 1. The second kappa shape index (κ2) is 4.89. The van der Waals surface area contributed by atoms with Crippen LogP contribution >= 0.6 is 0 Å². The SMILES string of the molecule is CNCC(=O)c1cc(F)c(OC)cc1C. The molecule has 0 bridgehead atoms. The summed E-state index contributed by atoms with van der Waals surface area (Å²) in [4.78, 5) is 11.5. The molecule has 0 atom stereocenters. The van der Waals surface area contributed by atoms with Crippen LogP contribution < -0.4 is 10.1 Å². The molecule has 0 aliphatic rings. The molecule has 82 valence electrons. The zero-order valence-electron chi connectivity index (χ0n) is 9.06. The second-order valence-electron chi connectivity index (χ2n) is 3.26. The van der Waals surface area contributed by atoms with E-state index in [9.17, 15) is 9.18 Å². The van der Waals surface area contributed by atoms with Gasteiger partial charge in [0.15, 0.2) is 17.3 Å². The van der Waals surface area contributed by atoms with E-state index in [1.165, 1.54) is 19.2 Å². The number of likely N-dealkylation sites (N-methyl/N-ethyl adjacent to an activating group) is 1. The summed E-state index contributed by atoms with van der Waals surface area (Å²) >= 11 is 0. The Morgan fingerprint density at radius 1 is 1.53 bits per heavy atom. The van der Waals surface area contributed by atoms with Crippen molar-refractivity contribution >= 4 is 5.78 Å². The number of Topliss-reactive ketones (excluding diaryl/α,β-unsaturated/α-hetero) is 1. The van der Waals surface area contributed by atoms with E-state index >= 15 is 0 Å². The van der Waals surface area contributed by atoms with Crippen LogP contribution in [0.15, 0.2) is 12.1 Å². The Morgan fingerprint density at radius 3 is 2.73 bits per heavy atom. The zero-order valence-corrected chi connectivity index (χ0v) is 9.06. The molecule has 0 saturated carbocycles. The third kappa shape index (κ3) is 2.53. The maximum Gasteiger partial charge on any atom is 0.176 e. The minimum Gasteiger partial charge on any atom is -0.494 e. The Labute approximate surface area is 88.2 Å². The van der Waals surface area contributed by atoms with E-state index in [-0.39, 0.29) is 18.1 Å². The van der Waals surface area contributed by atoms with Crippen LogP contribution in [0.1, 0.15) is 15.9 Å². The largest absolute Gasteiger partial charge is 0.494 e. The molecule has 0 aliphatic heterocycles. The monoisotopic (exact) mass is 211 g/mol. The van der Waals surface area contributed by atoms with Crippen molar-refractivity contribution in [3.05, 3.63) is 29.1 Å². The molecule has 0 amide bonds. The molecule has 0 aromatic heterocycles. The fourth-order valence-electron chi connectivity index (χ4n) is 1.37. The number of benzene rings is 1. The normalized spacial score (nSPS) is 10.1. The van der Waals surface area contributed by atoms with Crippen LogP contribution in [-0.2, 0) is 0 Å². The Kier molecular flexibility index (Phi) is 3.80. The summed E-state index contributed by atoms with van der Waals surface area (Å²) in [6.07, 6.45) is 0. The number of carbonyl (C=O) groups is 1. The lowest BCUT2D eigenvalue weighted by Gasteiger charge is -2.08. The minimum atomic E-state index is -0.512. The van der Waals surface area contributed by atoms with Gasteiger partial charge in [-0.15, -0.1) is 0 Å². The fourth-order valence-corrected chi connectivity index (χ4v) is 1.37. The van der Waals surface area contributed by atoms with Crippen molar-refractivity contribution in [2.45, 2.75) is 6.92 Å². The van der Waals surface area contributed by atoms with Crippen molar-refractivity contribution in [2.75, 3.05) is 20.7 Å². The van der Waals surface area contributed by atoms with Crippen LogP contribution in [-0.4, -0.2) is 26.5 Å². The van der Waals surface area contributed by atoms with Crippen LogP contribution in [0.3, 0.4) is 0 Å². The van der Waals surface area contributed by atoms with Gasteiger partial charge in [0.25, 0.3) is 0 Å². The van der Waals surface area contributed by atoms with Gasteiger partial charge >= 0.3 is 0 Å². The quantitative estimate of drug-likeness (QED) is 0.768. The number of rotatable bonds is 4. The maximum atomic E-state index is 13.3. The summed E-state index contributed by atoms with van der Waals surface area (Å²) in [6, 6.07) is 2.74. The van der Waals surface area contributed by atoms with Gasteiger partial charge in [0, 0.05) is 5.56 Å². The van der Waals surface area contributed by atoms with Crippen LogP contribution in [0, 0.1) is 12.7 Å². The Hall–Kier alpha value is -1.42. The highest BCUT2D eigenvalue weighted by molar-refractivity contribution is 5.99. The Morgan fingerprint density at radius 2 is 2.20 bits per heavy atom. The number of aryl methyl sites for hydroxylation is 1. The molecule has 0 unspecified atom stereocenters. The number of methoxy groups -OCH3 is 1. The standard InChI is InChI=1S/C11H14FNO2/c1-7-4-11(15-3)9(12)5-8(7)10(14)6-13-2/h4-5,13H,6H2,1-3H3. The molecule has 0 fully saturated rings. The van der Waals surface area contributed by atoms with E-state index in [1.54, 1.807) is 14.0 Å². The number of carbonyl (C=O) groups excluding carboxylic acids is 1. The fraction of sp³-hybridized carbons (Fsp3) is 0.364. The van der Waals surface area contributed by atoms with Gasteiger partial charge in [-0.05, 0) is 31.7 Å². The lowest BCUT2D eigenvalue weighted by molar-refractivity contribution is 0.0992. The van der Waals surface area contributed by atoms with Crippen LogP contribution in [0.2, 0.25) is 0 Å². The molecule has 0 radical (unpaired) electrons. The summed E-state index contributed by atoms with van der Waals surface area (Å²) in [5, 5.41) is 2.74. The van der Waals surface area contributed by atoms with Gasteiger partial charge in [-0.2, -0.15) is 0 Å². The first kappa shape index (κ1) is 11.7. The van der Waals surface area contributed by atoms with Gasteiger partial charge in [0.2, 0.25) is 0 Å². The van der Waals surface area contributed by atoms with Crippen molar-refractivity contribution in [3.8, 4) is 5.75 Å². The third-order valence-electron chi connectivity index (χ3n) is 2.14. The van der Waals surface area contributed by atoms with E-state index in [1.807, 2.05) is 0 Å². The minimum absolute atomic E-state index is 0.128. The van der Waals surface area contributed by atoms with Gasteiger partial charge in [0.05, 0.1) is 13.7 Å². The van der Waals surface area contributed by atoms with Crippen molar-refractivity contribution in [1.29, 1.82) is 0 Å². The van der Waals surface area contributed by atoms with Crippen molar-refractivity contribution in [2.24, 2.45) is 0 Å². The summed E-state index contributed by atoms with van der Waals surface area (Å²) in [7, 11) is 3.07. The number of halogens is 1. The topological polar surface area (TPSA) is 38.3 Å². The smallest absolute Gasteiger partial charge is 0.176 e. The van der Waals surface area contributed by atoms with E-state index in [0.29, 0.717) is 11.1 Å². The highest BCUT2D eigenvalue weighted by Crippen LogP contribution is 2.21. The molecule has 0 saturated heterocycles. The van der Waals surface area contributed by atoms with Crippen LogP contribution in [0.25, 0.3) is 0 Å². The molecular formula is C11H14FNO2. The summed E-state index contributed by atoms with van der Waals surface area (Å²) in [6.45, 7) is 1.96. The molecule has 4 heteroatoms. The van der Waals surface area contributed by atoms with Gasteiger partial charge in [-0.25, -0.2) is 4.39 Å². The van der Waals surface area contributed by atoms with Crippen molar-refractivity contribution < 1.29 is 13.9 Å². The average Bonchev–Trinajstić information content (AvgIpc) is 2.21. The molecule has 1 rings (SSSR count). The predicted octanol–water partition coefficient (Wildman–Crippen LogP) is 1.54. The van der Waals surface area contributed by atoms with E-state index < -0.39 is 5.82 Å². The van der Waals surface area contributed by atoms with Gasteiger partial charge in [-0.3, -0.25) is 4.79 Å². The molecular weight excluding hydrogens is 197 g/mol. The third-order valence-corrected chi connectivity index (χ3v) is 2.14. The molecule has 15 heavy (non-hydrogen) atoms. The van der Waals surface area contributed by atoms with Gasteiger partial charge in [0.1, 0.15) is 0 Å². The second-order valence-corrected chi connectivity index (χ2v) is 3.26. The molecule has 3 nitrogen and oxygen atoms in total. The van der Waals surface area contributed by atoms with Crippen molar-refractivity contribution in [1.82, 2.24) is 5.32 Å². The first-order valence-corrected chi connectivity index (χ1v) is 4.62. The number of hydrogen-bond donors (Lipinski definition) is 1. The van der Waals surface area contributed by atoms with E-state index in [4.69, 9.17) is 4.74 Å². The van der Waals surface area contributed by atoms with Gasteiger partial charge < -0.3 is 10.1 Å². The van der Waals surface area contributed by atoms with Crippen molar-refractivity contribution in [3.63, 3.8) is 0 Å². The molecule has 1 N–H and O–H groups in total. The molecule has 1 aromatic rings. The lowest BCUT2D eigenvalue weighted by Crippen LogP contribution is -2.19. The molecule has 1 aromatic carbocycles. The Balaban J connectivity index is 3.10. The summed E-state index contributed by atoms with van der Waals surface area (Å²) < 4.78 is 18.2. The number of ketones is 1. The number of hydrogen-bond acceptors (Lipinski definition) is 3. The summed E-state index contributed by atoms with van der Waals surface area (Å²) in [5.74, 6) is -0.479. The predicted molar refractivity (Wildman–Crippen MR) is 55.9 cm³/mol. The van der Waals surface area contributed by atoms with E-state index in [0.717, 1.165) is 0 Å². The Bertz CT molecular complexity index is 377. The van der Waals surface area contributed by atoms with Gasteiger partial charge in [-0.1, -0.05) is 0 Å². The maximum absolute atomic E-state index is 13.3. The highest BCUT2D eigenvalue weighted by atomic mass is 19.1. The highest BCUT2D eigenvalue weighted by Gasteiger charge is 2.12.